The number of pyridine rings is 1. The van der Waals surface area contributed by atoms with Crippen molar-refractivity contribution in [1.29, 1.82) is 0 Å². The SMILES string of the molecule is CCCN(C(=O)c1ccc2ccccc2n1)C1CCNC1. The van der Waals surface area contributed by atoms with Gasteiger partial charge in [0, 0.05) is 24.5 Å². The Hall–Kier alpha value is -1.94. The van der Waals surface area contributed by atoms with Gasteiger partial charge in [-0.25, -0.2) is 4.98 Å². The van der Waals surface area contributed by atoms with Crippen molar-refractivity contribution in [2.75, 3.05) is 19.6 Å². The van der Waals surface area contributed by atoms with Crippen LogP contribution in [0.25, 0.3) is 10.9 Å². The fourth-order valence-corrected chi connectivity index (χ4v) is 2.93. The first kappa shape index (κ1) is 14.0. The molecule has 1 unspecified atom stereocenters. The highest BCUT2D eigenvalue weighted by Gasteiger charge is 2.27. The van der Waals surface area contributed by atoms with E-state index >= 15 is 0 Å². The van der Waals surface area contributed by atoms with Gasteiger partial charge in [0.15, 0.2) is 0 Å². The molecule has 1 aromatic carbocycles. The first-order chi connectivity index (χ1) is 10.3. The Morgan fingerprint density at radius 3 is 2.95 bits per heavy atom. The molecular weight excluding hydrogens is 262 g/mol. The van der Waals surface area contributed by atoms with Crippen molar-refractivity contribution in [2.24, 2.45) is 0 Å². The summed E-state index contributed by atoms with van der Waals surface area (Å²) in [6.07, 6.45) is 2.00. The second kappa shape index (κ2) is 6.22. The Morgan fingerprint density at radius 2 is 2.19 bits per heavy atom. The number of fused-ring (bicyclic) bond motifs is 1. The van der Waals surface area contributed by atoms with Crippen LogP contribution < -0.4 is 5.32 Å². The number of aromatic nitrogens is 1. The number of carbonyl (C=O) groups is 1. The van der Waals surface area contributed by atoms with Gasteiger partial charge in [-0.05, 0) is 31.5 Å². The molecule has 0 bridgehead atoms. The third-order valence-electron chi connectivity index (χ3n) is 4.02. The van der Waals surface area contributed by atoms with Crippen molar-refractivity contribution < 1.29 is 4.79 Å². The highest BCUT2D eigenvalue weighted by atomic mass is 16.2. The Morgan fingerprint density at radius 1 is 1.33 bits per heavy atom. The van der Waals surface area contributed by atoms with Gasteiger partial charge in [0.05, 0.1) is 5.52 Å². The number of benzene rings is 1. The van der Waals surface area contributed by atoms with Crippen molar-refractivity contribution in [3.05, 3.63) is 42.1 Å². The first-order valence-corrected chi connectivity index (χ1v) is 7.67. The molecule has 0 radical (unpaired) electrons. The number of amides is 1. The minimum Gasteiger partial charge on any atom is -0.333 e. The second-order valence-electron chi connectivity index (χ2n) is 5.53. The number of hydrogen-bond donors (Lipinski definition) is 1. The standard InChI is InChI=1S/C17H21N3O/c1-2-11-20(14-9-10-18-12-14)17(21)16-8-7-13-5-3-4-6-15(13)19-16/h3-8,14,18H,2,9-12H2,1H3. The summed E-state index contributed by atoms with van der Waals surface area (Å²) in [7, 11) is 0. The molecule has 1 aromatic heterocycles. The minimum absolute atomic E-state index is 0.0521. The summed E-state index contributed by atoms with van der Waals surface area (Å²) in [5.74, 6) is 0.0521. The zero-order valence-corrected chi connectivity index (χ0v) is 12.4. The van der Waals surface area contributed by atoms with E-state index in [1.165, 1.54) is 0 Å². The quantitative estimate of drug-likeness (QED) is 0.937. The Balaban J connectivity index is 1.89. The van der Waals surface area contributed by atoms with E-state index in [9.17, 15) is 4.79 Å². The molecule has 0 saturated carbocycles. The van der Waals surface area contributed by atoms with E-state index in [-0.39, 0.29) is 5.91 Å². The maximum absolute atomic E-state index is 12.8. The summed E-state index contributed by atoms with van der Waals surface area (Å²) in [5, 5.41) is 4.40. The lowest BCUT2D eigenvalue weighted by Crippen LogP contribution is -2.42. The van der Waals surface area contributed by atoms with E-state index in [1.807, 2.05) is 41.3 Å². The van der Waals surface area contributed by atoms with Crippen molar-refractivity contribution in [3.63, 3.8) is 0 Å². The van der Waals surface area contributed by atoms with Gasteiger partial charge >= 0.3 is 0 Å². The van der Waals surface area contributed by atoms with Crippen LogP contribution in [0.1, 0.15) is 30.3 Å². The van der Waals surface area contributed by atoms with Gasteiger partial charge in [0.2, 0.25) is 0 Å². The molecule has 21 heavy (non-hydrogen) atoms. The third kappa shape index (κ3) is 2.90. The number of nitrogens with one attached hydrogen (secondary N) is 1. The minimum atomic E-state index is 0.0521. The Kier molecular flexibility index (Phi) is 4.15. The van der Waals surface area contributed by atoms with Crippen LogP contribution in [0.4, 0.5) is 0 Å². The number of nitrogens with zero attached hydrogens (tertiary/aromatic N) is 2. The van der Waals surface area contributed by atoms with Crippen LogP contribution in [0.5, 0.6) is 0 Å². The lowest BCUT2D eigenvalue weighted by molar-refractivity contribution is 0.0686. The fourth-order valence-electron chi connectivity index (χ4n) is 2.93. The third-order valence-corrected chi connectivity index (χ3v) is 4.02. The predicted octanol–water partition coefficient (Wildman–Crippen LogP) is 2.45. The lowest BCUT2D eigenvalue weighted by atomic mass is 10.1. The zero-order chi connectivity index (χ0) is 14.7. The molecule has 2 heterocycles. The maximum Gasteiger partial charge on any atom is 0.272 e. The van der Waals surface area contributed by atoms with E-state index in [1.54, 1.807) is 0 Å². The van der Waals surface area contributed by atoms with E-state index in [4.69, 9.17) is 0 Å². The molecule has 3 rings (SSSR count). The molecule has 110 valence electrons. The van der Waals surface area contributed by atoms with Gasteiger partial charge < -0.3 is 10.2 Å². The number of rotatable bonds is 4. The second-order valence-corrected chi connectivity index (χ2v) is 5.53. The van der Waals surface area contributed by atoms with Crippen molar-refractivity contribution >= 4 is 16.8 Å². The summed E-state index contributed by atoms with van der Waals surface area (Å²) < 4.78 is 0. The van der Waals surface area contributed by atoms with Crippen LogP contribution in [0.3, 0.4) is 0 Å². The molecular formula is C17H21N3O. The first-order valence-electron chi connectivity index (χ1n) is 7.67. The number of hydrogen-bond acceptors (Lipinski definition) is 3. The Labute approximate surface area is 125 Å². The molecule has 1 aliphatic heterocycles. The van der Waals surface area contributed by atoms with Crippen molar-refractivity contribution in [1.82, 2.24) is 15.2 Å². The van der Waals surface area contributed by atoms with Gasteiger partial charge in [0.1, 0.15) is 5.69 Å². The fraction of sp³-hybridized carbons (Fsp3) is 0.412. The predicted molar refractivity (Wildman–Crippen MR) is 84.3 cm³/mol. The van der Waals surface area contributed by atoms with Gasteiger partial charge in [-0.2, -0.15) is 0 Å². The molecule has 1 atom stereocenters. The van der Waals surface area contributed by atoms with E-state index in [0.717, 1.165) is 43.4 Å². The molecule has 0 aliphatic carbocycles. The van der Waals surface area contributed by atoms with Crippen LogP contribution in [-0.2, 0) is 0 Å². The molecule has 2 aromatic rings. The van der Waals surface area contributed by atoms with Crippen molar-refractivity contribution in [2.45, 2.75) is 25.8 Å². The molecule has 0 spiro atoms. The van der Waals surface area contributed by atoms with E-state index < -0.39 is 0 Å². The van der Waals surface area contributed by atoms with Gasteiger partial charge in [-0.15, -0.1) is 0 Å². The number of para-hydroxylation sites is 1. The van der Waals surface area contributed by atoms with Crippen LogP contribution in [0, 0.1) is 0 Å². The van der Waals surface area contributed by atoms with Gasteiger partial charge in [-0.1, -0.05) is 31.2 Å². The molecule has 4 heteroatoms. The average molecular weight is 283 g/mol. The van der Waals surface area contributed by atoms with Crippen LogP contribution in [0.15, 0.2) is 36.4 Å². The van der Waals surface area contributed by atoms with E-state index in [0.29, 0.717) is 11.7 Å². The van der Waals surface area contributed by atoms with Gasteiger partial charge in [-0.3, -0.25) is 4.79 Å². The smallest absolute Gasteiger partial charge is 0.272 e. The largest absolute Gasteiger partial charge is 0.333 e. The molecule has 1 N–H and O–H groups in total. The molecule has 1 fully saturated rings. The maximum atomic E-state index is 12.8. The molecule has 1 amide bonds. The summed E-state index contributed by atoms with van der Waals surface area (Å²) in [6, 6.07) is 12.0. The highest BCUT2D eigenvalue weighted by molar-refractivity contribution is 5.95. The van der Waals surface area contributed by atoms with Crippen LogP contribution >= 0.6 is 0 Å². The summed E-state index contributed by atoms with van der Waals surface area (Å²) in [4.78, 5) is 19.3. The monoisotopic (exact) mass is 283 g/mol. The average Bonchev–Trinajstić information content (AvgIpc) is 3.05. The zero-order valence-electron chi connectivity index (χ0n) is 12.4. The van der Waals surface area contributed by atoms with Gasteiger partial charge in [0.25, 0.3) is 5.91 Å². The van der Waals surface area contributed by atoms with Crippen molar-refractivity contribution in [3.8, 4) is 0 Å². The molecule has 1 aliphatic rings. The Bertz CT molecular complexity index is 635. The lowest BCUT2D eigenvalue weighted by Gasteiger charge is -2.28. The topological polar surface area (TPSA) is 45.2 Å². The normalized spacial score (nSPS) is 18.0. The summed E-state index contributed by atoms with van der Waals surface area (Å²) >= 11 is 0. The molecule has 1 saturated heterocycles. The van der Waals surface area contributed by atoms with E-state index in [2.05, 4.69) is 17.2 Å². The van der Waals surface area contributed by atoms with Crippen LogP contribution in [-0.4, -0.2) is 41.5 Å². The molecule has 4 nitrogen and oxygen atoms in total. The summed E-state index contributed by atoms with van der Waals surface area (Å²) in [6.45, 7) is 4.78. The van der Waals surface area contributed by atoms with Crippen LogP contribution in [0.2, 0.25) is 0 Å². The number of carbonyl (C=O) groups excluding carboxylic acids is 1. The summed E-state index contributed by atoms with van der Waals surface area (Å²) in [5.41, 5.74) is 1.43. The highest BCUT2D eigenvalue weighted by Crippen LogP contribution is 2.16.